The van der Waals surface area contributed by atoms with Crippen LogP contribution in [0.2, 0.25) is 0 Å². The van der Waals surface area contributed by atoms with Crippen molar-refractivity contribution in [3.05, 3.63) is 0 Å². The lowest BCUT2D eigenvalue weighted by Gasteiger charge is -2.23. The molecule has 3 N–H and O–H groups in total. The molecular weight excluding hydrogens is 198 g/mol. The highest BCUT2D eigenvalue weighted by Gasteiger charge is 2.17. The van der Waals surface area contributed by atoms with Crippen molar-refractivity contribution in [3.8, 4) is 0 Å². The summed E-state index contributed by atoms with van der Waals surface area (Å²) in [5, 5.41) is 4.35. The molecule has 1 aliphatic heterocycles. The average molecular weight is 215 g/mol. The number of rotatable bonds is 3. The number of nitrogens with two attached hydrogens (primary N) is 1. The third-order valence-electron chi connectivity index (χ3n) is 2.14. The predicted octanol–water partition coefficient (Wildman–Crippen LogP) is 1.15. The van der Waals surface area contributed by atoms with Gasteiger partial charge in [0.05, 0.1) is 12.7 Å². The van der Waals surface area contributed by atoms with Crippen LogP contribution in [-0.2, 0) is 4.74 Å². The second-order valence-corrected chi connectivity index (χ2v) is 3.83. The molecule has 0 aromatic rings. The van der Waals surface area contributed by atoms with E-state index in [-0.39, 0.29) is 5.11 Å². The number of thiocarbonyl (C=S) groups is 1. The fourth-order valence-electron chi connectivity index (χ4n) is 1.51. The van der Waals surface area contributed by atoms with Gasteiger partial charge in [-0.05, 0) is 18.6 Å². The van der Waals surface area contributed by atoms with Crippen LogP contribution in [0.15, 0.2) is 5.10 Å². The summed E-state index contributed by atoms with van der Waals surface area (Å²) >= 11 is 4.67. The van der Waals surface area contributed by atoms with Crippen LogP contribution in [0.5, 0.6) is 0 Å². The van der Waals surface area contributed by atoms with Crippen LogP contribution < -0.4 is 11.2 Å². The zero-order valence-electron chi connectivity index (χ0n) is 8.45. The normalized spacial score (nSPS) is 24.9. The van der Waals surface area contributed by atoms with E-state index in [1.54, 1.807) is 0 Å². The molecule has 0 radical (unpaired) electrons. The Morgan fingerprint density at radius 3 is 3.21 bits per heavy atom. The molecule has 80 valence electrons. The first-order valence-corrected chi connectivity index (χ1v) is 5.35. The van der Waals surface area contributed by atoms with Gasteiger partial charge in [-0.25, -0.2) is 0 Å². The van der Waals surface area contributed by atoms with Crippen molar-refractivity contribution >= 4 is 23.0 Å². The molecule has 1 rings (SSSR count). The Morgan fingerprint density at radius 2 is 2.57 bits per heavy atom. The van der Waals surface area contributed by atoms with E-state index in [2.05, 4.69) is 29.7 Å². The highest BCUT2D eigenvalue weighted by Crippen LogP contribution is 2.15. The Kier molecular flexibility index (Phi) is 4.82. The van der Waals surface area contributed by atoms with Crippen molar-refractivity contribution in [1.29, 1.82) is 0 Å². The fraction of sp³-hybridized carbons (Fsp3) is 0.778. The maximum atomic E-state index is 5.58. The molecule has 14 heavy (non-hydrogen) atoms. The SMILES string of the molecule is CCCC1CC(=NNC(N)=S)CCO1. The first-order chi connectivity index (χ1) is 6.72. The number of hydrogen-bond acceptors (Lipinski definition) is 3. The maximum Gasteiger partial charge on any atom is 0.184 e. The minimum absolute atomic E-state index is 0.219. The van der Waals surface area contributed by atoms with Crippen molar-refractivity contribution < 1.29 is 4.74 Å². The summed E-state index contributed by atoms with van der Waals surface area (Å²) in [6.07, 6.45) is 4.31. The summed E-state index contributed by atoms with van der Waals surface area (Å²) in [6.45, 7) is 2.91. The van der Waals surface area contributed by atoms with Crippen LogP contribution in [0, 0.1) is 0 Å². The molecule has 0 bridgehead atoms. The molecule has 1 saturated heterocycles. The fourth-order valence-corrected chi connectivity index (χ4v) is 1.56. The molecule has 0 amide bonds. The van der Waals surface area contributed by atoms with Gasteiger partial charge in [0.15, 0.2) is 5.11 Å². The van der Waals surface area contributed by atoms with Crippen molar-refractivity contribution in [2.75, 3.05) is 6.61 Å². The van der Waals surface area contributed by atoms with Gasteiger partial charge in [0, 0.05) is 18.6 Å². The lowest BCUT2D eigenvalue weighted by atomic mass is 10.0. The summed E-state index contributed by atoms with van der Waals surface area (Å²) in [4.78, 5) is 0. The maximum absolute atomic E-state index is 5.58. The van der Waals surface area contributed by atoms with E-state index < -0.39 is 0 Å². The quantitative estimate of drug-likeness (QED) is 0.548. The highest BCUT2D eigenvalue weighted by atomic mass is 32.1. The largest absolute Gasteiger partial charge is 0.377 e. The van der Waals surface area contributed by atoms with Crippen LogP contribution in [0.25, 0.3) is 0 Å². The molecule has 1 atom stereocenters. The number of nitrogens with one attached hydrogen (secondary N) is 1. The van der Waals surface area contributed by atoms with Gasteiger partial charge >= 0.3 is 0 Å². The van der Waals surface area contributed by atoms with Crippen molar-refractivity contribution in [3.63, 3.8) is 0 Å². The Morgan fingerprint density at radius 1 is 1.79 bits per heavy atom. The Labute approximate surface area is 89.9 Å². The zero-order valence-corrected chi connectivity index (χ0v) is 9.27. The van der Waals surface area contributed by atoms with Crippen molar-refractivity contribution in [1.82, 2.24) is 5.43 Å². The van der Waals surface area contributed by atoms with Crippen LogP contribution in [0.3, 0.4) is 0 Å². The van der Waals surface area contributed by atoms with Crippen molar-refractivity contribution in [2.24, 2.45) is 10.8 Å². The molecule has 0 aliphatic carbocycles. The van der Waals surface area contributed by atoms with E-state index in [4.69, 9.17) is 10.5 Å². The van der Waals surface area contributed by atoms with Crippen LogP contribution in [-0.4, -0.2) is 23.5 Å². The van der Waals surface area contributed by atoms with E-state index in [0.717, 1.165) is 38.0 Å². The molecule has 1 heterocycles. The summed E-state index contributed by atoms with van der Waals surface area (Å²) in [5.41, 5.74) is 9.00. The van der Waals surface area contributed by atoms with Crippen LogP contribution in [0.4, 0.5) is 0 Å². The minimum atomic E-state index is 0.219. The van der Waals surface area contributed by atoms with Gasteiger partial charge in [0.1, 0.15) is 0 Å². The molecule has 0 spiro atoms. The van der Waals surface area contributed by atoms with Gasteiger partial charge < -0.3 is 10.5 Å². The second-order valence-electron chi connectivity index (χ2n) is 3.39. The van der Waals surface area contributed by atoms with E-state index in [9.17, 15) is 0 Å². The summed E-state index contributed by atoms with van der Waals surface area (Å²) in [6, 6.07) is 0. The van der Waals surface area contributed by atoms with Gasteiger partial charge in [-0.1, -0.05) is 13.3 Å². The van der Waals surface area contributed by atoms with E-state index in [1.165, 1.54) is 0 Å². The lowest BCUT2D eigenvalue weighted by molar-refractivity contribution is 0.0440. The molecule has 1 aliphatic rings. The Balaban J connectivity index is 2.38. The van der Waals surface area contributed by atoms with E-state index in [1.807, 2.05) is 0 Å². The summed E-state index contributed by atoms with van der Waals surface area (Å²) in [5.74, 6) is 0. The molecule has 4 nitrogen and oxygen atoms in total. The second kappa shape index (κ2) is 5.93. The Bertz CT molecular complexity index is 228. The molecule has 5 heteroatoms. The standard InChI is InChI=1S/C9H17N3OS/c1-2-3-8-6-7(4-5-13-8)11-12-9(10)14/h8H,2-6H2,1H3,(H3,10,12,14). The van der Waals surface area contributed by atoms with E-state index >= 15 is 0 Å². The molecule has 1 fully saturated rings. The first kappa shape index (κ1) is 11.4. The molecule has 0 saturated carbocycles. The molecular formula is C9H17N3OS. The van der Waals surface area contributed by atoms with Gasteiger partial charge in [-0.2, -0.15) is 5.10 Å². The molecule has 0 aromatic carbocycles. The minimum Gasteiger partial charge on any atom is -0.377 e. The Hall–Kier alpha value is -0.680. The van der Waals surface area contributed by atoms with Gasteiger partial charge in [0.25, 0.3) is 0 Å². The van der Waals surface area contributed by atoms with Crippen molar-refractivity contribution in [2.45, 2.75) is 38.7 Å². The van der Waals surface area contributed by atoms with Crippen LogP contribution in [0.1, 0.15) is 32.6 Å². The molecule has 0 aromatic heterocycles. The first-order valence-electron chi connectivity index (χ1n) is 4.95. The predicted molar refractivity (Wildman–Crippen MR) is 61.2 cm³/mol. The highest BCUT2D eigenvalue weighted by molar-refractivity contribution is 7.80. The van der Waals surface area contributed by atoms with E-state index in [0.29, 0.717) is 6.10 Å². The number of ether oxygens (including phenoxy) is 1. The van der Waals surface area contributed by atoms with Gasteiger partial charge in [0.2, 0.25) is 0 Å². The topological polar surface area (TPSA) is 59.6 Å². The zero-order chi connectivity index (χ0) is 10.4. The number of nitrogens with zero attached hydrogens (tertiary/aromatic N) is 1. The summed E-state index contributed by atoms with van der Waals surface area (Å²) in [7, 11) is 0. The number of hydrogen-bond donors (Lipinski definition) is 2. The monoisotopic (exact) mass is 215 g/mol. The van der Waals surface area contributed by atoms with Gasteiger partial charge in [-0.3, -0.25) is 5.43 Å². The average Bonchev–Trinajstić information content (AvgIpc) is 2.16. The number of hydrazone groups is 1. The smallest absolute Gasteiger partial charge is 0.184 e. The molecule has 1 unspecified atom stereocenters. The summed E-state index contributed by atoms with van der Waals surface area (Å²) < 4.78 is 5.58. The van der Waals surface area contributed by atoms with Gasteiger partial charge in [-0.15, -0.1) is 0 Å². The van der Waals surface area contributed by atoms with Crippen LogP contribution >= 0.6 is 12.2 Å². The lowest BCUT2D eigenvalue weighted by Crippen LogP contribution is -2.30. The third-order valence-corrected chi connectivity index (χ3v) is 2.23. The third kappa shape index (κ3) is 4.02.